The van der Waals surface area contributed by atoms with Crippen molar-refractivity contribution in [2.24, 2.45) is 0 Å². The average molecular weight is 177 g/mol. The summed E-state index contributed by atoms with van der Waals surface area (Å²) in [6.07, 6.45) is -2.35. The predicted molar refractivity (Wildman–Crippen MR) is 36.7 cm³/mol. The van der Waals surface area contributed by atoms with Gasteiger partial charge < -0.3 is 9.73 Å². The molecule has 1 aromatic heterocycles. The van der Waals surface area contributed by atoms with Gasteiger partial charge in [0.05, 0.1) is 13.1 Å². The molecule has 1 rings (SSSR count). The van der Waals surface area contributed by atoms with E-state index in [0.717, 1.165) is 0 Å². The molecule has 0 unspecified atom stereocenters. The summed E-state index contributed by atoms with van der Waals surface area (Å²) in [5.74, 6) is 0.761. The van der Waals surface area contributed by atoms with Gasteiger partial charge in [0.1, 0.15) is 0 Å². The molecule has 0 atom stereocenters. The first kappa shape index (κ1) is 9.05. The third-order valence-electron chi connectivity index (χ3n) is 1.14. The molecule has 0 amide bonds. The van der Waals surface area contributed by atoms with E-state index in [9.17, 15) is 8.78 Å². The summed E-state index contributed by atoms with van der Waals surface area (Å²) in [6, 6.07) is 0. The first-order valence-electron chi connectivity index (χ1n) is 3.46. The molecule has 1 N–H and O–H groups in total. The average Bonchev–Trinajstić information content (AvgIpc) is 2.35. The molecule has 0 fully saturated rings. The Kier molecular flexibility index (Phi) is 3.09. The fraction of sp³-hybridized carbons (Fsp3) is 0.667. The lowest BCUT2D eigenvalue weighted by molar-refractivity contribution is 0.144. The number of nitrogens with zero attached hydrogens (tertiary/aromatic N) is 2. The molecular formula is C6H9F2N3O. The second kappa shape index (κ2) is 4.10. The summed E-state index contributed by atoms with van der Waals surface area (Å²) in [5.41, 5.74) is 0. The second-order valence-electron chi connectivity index (χ2n) is 2.24. The number of hydrogen-bond acceptors (Lipinski definition) is 4. The zero-order chi connectivity index (χ0) is 8.97. The van der Waals surface area contributed by atoms with Gasteiger partial charge in [-0.15, -0.1) is 10.2 Å². The van der Waals surface area contributed by atoms with Crippen LogP contribution in [0, 0.1) is 6.92 Å². The normalized spacial score (nSPS) is 11.0. The van der Waals surface area contributed by atoms with Crippen molar-refractivity contribution in [3.05, 3.63) is 11.8 Å². The van der Waals surface area contributed by atoms with Crippen molar-refractivity contribution >= 4 is 0 Å². The minimum Gasteiger partial charge on any atom is -0.424 e. The molecule has 0 aliphatic heterocycles. The van der Waals surface area contributed by atoms with E-state index in [4.69, 9.17) is 4.42 Å². The van der Waals surface area contributed by atoms with Crippen LogP contribution in [-0.4, -0.2) is 23.2 Å². The quantitative estimate of drug-likeness (QED) is 0.736. The lowest BCUT2D eigenvalue weighted by Crippen LogP contribution is -2.20. The van der Waals surface area contributed by atoms with Gasteiger partial charge in [-0.1, -0.05) is 0 Å². The molecule has 6 heteroatoms. The highest BCUT2D eigenvalue weighted by atomic mass is 19.3. The van der Waals surface area contributed by atoms with E-state index >= 15 is 0 Å². The molecule has 0 aliphatic rings. The minimum atomic E-state index is -2.35. The van der Waals surface area contributed by atoms with Gasteiger partial charge in [-0.2, -0.15) is 0 Å². The van der Waals surface area contributed by atoms with Crippen LogP contribution in [0.2, 0.25) is 0 Å². The molecule has 4 nitrogen and oxygen atoms in total. The summed E-state index contributed by atoms with van der Waals surface area (Å²) >= 11 is 0. The molecule has 0 saturated heterocycles. The highest BCUT2D eigenvalue weighted by Crippen LogP contribution is 1.97. The largest absolute Gasteiger partial charge is 0.424 e. The summed E-state index contributed by atoms with van der Waals surface area (Å²) < 4.78 is 28.2. The van der Waals surface area contributed by atoms with Crippen LogP contribution in [0.25, 0.3) is 0 Å². The zero-order valence-electron chi connectivity index (χ0n) is 6.55. The number of alkyl halides is 2. The van der Waals surface area contributed by atoms with E-state index in [-0.39, 0.29) is 13.1 Å². The molecule has 0 aromatic carbocycles. The van der Waals surface area contributed by atoms with E-state index in [2.05, 4.69) is 15.5 Å². The summed E-state index contributed by atoms with van der Waals surface area (Å²) in [5, 5.41) is 9.63. The van der Waals surface area contributed by atoms with Crippen molar-refractivity contribution in [2.75, 3.05) is 6.54 Å². The van der Waals surface area contributed by atoms with Gasteiger partial charge >= 0.3 is 0 Å². The summed E-state index contributed by atoms with van der Waals surface area (Å²) in [6.45, 7) is 1.47. The second-order valence-corrected chi connectivity index (χ2v) is 2.24. The summed E-state index contributed by atoms with van der Waals surface area (Å²) in [4.78, 5) is 0. The molecular weight excluding hydrogens is 168 g/mol. The molecule has 1 aromatic rings. The van der Waals surface area contributed by atoms with Gasteiger partial charge in [0.15, 0.2) is 0 Å². The monoisotopic (exact) mass is 177 g/mol. The van der Waals surface area contributed by atoms with Gasteiger partial charge in [0, 0.05) is 6.92 Å². The van der Waals surface area contributed by atoms with Crippen molar-refractivity contribution in [2.45, 2.75) is 19.9 Å². The third-order valence-corrected chi connectivity index (χ3v) is 1.14. The SMILES string of the molecule is Cc1nnc(CNCC(F)F)o1. The van der Waals surface area contributed by atoms with Crippen LogP contribution >= 0.6 is 0 Å². The number of hydrogen-bond donors (Lipinski definition) is 1. The Morgan fingerprint density at radius 2 is 2.25 bits per heavy atom. The zero-order valence-corrected chi connectivity index (χ0v) is 6.55. The Morgan fingerprint density at radius 1 is 1.50 bits per heavy atom. The highest BCUT2D eigenvalue weighted by Gasteiger charge is 2.04. The van der Waals surface area contributed by atoms with Crippen molar-refractivity contribution in [3.8, 4) is 0 Å². The molecule has 68 valence electrons. The van der Waals surface area contributed by atoms with Crippen LogP contribution < -0.4 is 5.32 Å². The van der Waals surface area contributed by atoms with Crippen molar-refractivity contribution in [1.29, 1.82) is 0 Å². The maximum atomic E-state index is 11.6. The molecule has 0 bridgehead atoms. The van der Waals surface area contributed by atoms with E-state index in [1.165, 1.54) is 0 Å². The fourth-order valence-corrected chi connectivity index (χ4v) is 0.697. The van der Waals surface area contributed by atoms with Crippen LogP contribution in [0.5, 0.6) is 0 Å². The summed E-state index contributed by atoms with van der Waals surface area (Å²) in [7, 11) is 0. The number of aryl methyl sites for hydroxylation is 1. The van der Waals surface area contributed by atoms with Gasteiger partial charge in [-0.25, -0.2) is 8.78 Å². The molecule has 0 saturated carbocycles. The number of halogens is 2. The smallest absolute Gasteiger partial charge is 0.250 e. The van der Waals surface area contributed by atoms with E-state index in [0.29, 0.717) is 11.8 Å². The number of rotatable bonds is 4. The standard InChI is InChI=1S/C6H9F2N3O/c1-4-10-11-6(12-4)3-9-2-5(7)8/h5,9H,2-3H2,1H3. The topological polar surface area (TPSA) is 51.0 Å². The Balaban J connectivity index is 2.24. The molecule has 1 heterocycles. The van der Waals surface area contributed by atoms with Crippen LogP contribution in [0.1, 0.15) is 11.8 Å². The lowest BCUT2D eigenvalue weighted by atomic mass is 10.6. The van der Waals surface area contributed by atoms with Crippen LogP contribution in [0.3, 0.4) is 0 Å². The van der Waals surface area contributed by atoms with Crippen molar-refractivity contribution in [3.63, 3.8) is 0 Å². The molecule has 12 heavy (non-hydrogen) atoms. The van der Waals surface area contributed by atoms with E-state index in [1.54, 1.807) is 6.92 Å². The van der Waals surface area contributed by atoms with Crippen LogP contribution in [0.4, 0.5) is 8.78 Å². The van der Waals surface area contributed by atoms with Crippen molar-refractivity contribution < 1.29 is 13.2 Å². The van der Waals surface area contributed by atoms with E-state index in [1.807, 2.05) is 0 Å². The van der Waals surface area contributed by atoms with Gasteiger partial charge in [0.2, 0.25) is 11.8 Å². The maximum absolute atomic E-state index is 11.6. The third kappa shape index (κ3) is 2.91. The Hall–Kier alpha value is -1.04. The fourth-order valence-electron chi connectivity index (χ4n) is 0.697. The molecule has 0 spiro atoms. The Morgan fingerprint density at radius 3 is 2.75 bits per heavy atom. The van der Waals surface area contributed by atoms with Crippen LogP contribution in [-0.2, 0) is 6.54 Å². The van der Waals surface area contributed by atoms with Gasteiger partial charge in [-0.3, -0.25) is 0 Å². The van der Waals surface area contributed by atoms with Gasteiger partial charge in [0.25, 0.3) is 6.43 Å². The predicted octanol–water partition coefficient (Wildman–Crippen LogP) is 0.733. The molecule has 0 aliphatic carbocycles. The minimum absolute atomic E-state index is 0.186. The maximum Gasteiger partial charge on any atom is 0.250 e. The lowest BCUT2D eigenvalue weighted by Gasteiger charge is -1.98. The number of nitrogens with one attached hydrogen (secondary N) is 1. The van der Waals surface area contributed by atoms with Gasteiger partial charge in [-0.05, 0) is 0 Å². The first-order valence-corrected chi connectivity index (χ1v) is 3.46. The number of aromatic nitrogens is 2. The first-order chi connectivity index (χ1) is 5.68. The van der Waals surface area contributed by atoms with Crippen molar-refractivity contribution in [1.82, 2.24) is 15.5 Å². The molecule has 0 radical (unpaired) electrons. The van der Waals surface area contributed by atoms with Crippen LogP contribution in [0.15, 0.2) is 4.42 Å². The highest BCUT2D eigenvalue weighted by molar-refractivity contribution is 4.77. The Labute approximate surface area is 68.0 Å². The van der Waals surface area contributed by atoms with E-state index < -0.39 is 6.43 Å². The Bertz CT molecular complexity index is 238.